The highest BCUT2D eigenvalue weighted by molar-refractivity contribution is 4.93. The predicted octanol–water partition coefficient (Wildman–Crippen LogP) is 0.893. The Labute approximate surface area is 89.9 Å². The molecular weight excluding hydrogens is 192 g/mol. The topological polar surface area (TPSA) is 47.3 Å². The van der Waals surface area contributed by atoms with Gasteiger partial charge in [0.25, 0.3) is 0 Å². The van der Waals surface area contributed by atoms with Crippen LogP contribution in [0.1, 0.15) is 25.1 Å². The molecule has 4 heteroatoms. The number of aliphatic hydroxyl groups is 1. The van der Waals surface area contributed by atoms with Crippen LogP contribution in [0.2, 0.25) is 0 Å². The van der Waals surface area contributed by atoms with Gasteiger partial charge in [-0.05, 0) is 19.3 Å². The first-order valence-corrected chi connectivity index (χ1v) is 5.51. The molecule has 0 aliphatic carbocycles. The number of hydrogen-bond donors (Lipinski definition) is 1. The molecule has 1 N–H and O–H groups in total. The average Bonchev–Trinajstić information content (AvgIpc) is 2.79. The van der Waals surface area contributed by atoms with Gasteiger partial charge in [-0.1, -0.05) is 0 Å². The Morgan fingerprint density at radius 1 is 1.73 bits per heavy atom. The molecule has 15 heavy (non-hydrogen) atoms. The average molecular weight is 210 g/mol. The van der Waals surface area contributed by atoms with Crippen LogP contribution in [-0.2, 0) is 18.2 Å². The van der Waals surface area contributed by atoms with E-state index in [1.807, 2.05) is 17.8 Å². The molecule has 84 valence electrons. The monoisotopic (exact) mass is 210 g/mol. The molecule has 1 aromatic rings. The fourth-order valence-corrected chi connectivity index (χ4v) is 2.02. The van der Waals surface area contributed by atoms with E-state index < -0.39 is 0 Å². The molecule has 0 aromatic carbocycles. The van der Waals surface area contributed by atoms with Crippen molar-refractivity contribution in [3.05, 3.63) is 18.2 Å². The van der Waals surface area contributed by atoms with Crippen molar-refractivity contribution in [3.63, 3.8) is 0 Å². The lowest BCUT2D eigenvalue weighted by Gasteiger charge is -2.14. The predicted molar refractivity (Wildman–Crippen MR) is 56.5 cm³/mol. The third-order valence-corrected chi connectivity index (χ3v) is 2.90. The largest absolute Gasteiger partial charge is 0.393 e. The van der Waals surface area contributed by atoms with Crippen molar-refractivity contribution in [2.45, 2.75) is 37.9 Å². The van der Waals surface area contributed by atoms with Crippen LogP contribution in [0.15, 0.2) is 12.4 Å². The van der Waals surface area contributed by atoms with Crippen molar-refractivity contribution in [1.29, 1.82) is 0 Å². The zero-order valence-corrected chi connectivity index (χ0v) is 9.09. The van der Waals surface area contributed by atoms with Gasteiger partial charge in [-0.15, -0.1) is 0 Å². The summed E-state index contributed by atoms with van der Waals surface area (Å²) in [5, 5.41) is 9.87. The maximum Gasteiger partial charge on any atom is 0.110 e. The number of rotatable bonds is 4. The van der Waals surface area contributed by atoms with Crippen molar-refractivity contribution in [3.8, 4) is 0 Å². The Balaban J connectivity index is 1.81. The van der Waals surface area contributed by atoms with Crippen LogP contribution in [0.5, 0.6) is 0 Å². The molecule has 0 saturated carbocycles. The summed E-state index contributed by atoms with van der Waals surface area (Å²) in [6, 6.07) is 0. The molecule has 2 atom stereocenters. The molecular formula is C11H18N2O2. The minimum absolute atomic E-state index is 0.250. The van der Waals surface area contributed by atoms with E-state index in [9.17, 15) is 5.11 Å². The van der Waals surface area contributed by atoms with E-state index in [2.05, 4.69) is 4.98 Å². The quantitative estimate of drug-likeness (QED) is 0.803. The maximum atomic E-state index is 9.87. The summed E-state index contributed by atoms with van der Waals surface area (Å²) in [4.78, 5) is 4.19. The van der Waals surface area contributed by atoms with Gasteiger partial charge in [-0.2, -0.15) is 0 Å². The number of aryl methyl sites for hydroxylation is 1. The lowest BCUT2D eigenvalue weighted by atomic mass is 10.1. The molecule has 1 aliphatic rings. The molecule has 0 spiro atoms. The highest BCUT2D eigenvalue weighted by Crippen LogP contribution is 2.18. The Bertz CT molecular complexity index is 305. The van der Waals surface area contributed by atoms with Crippen LogP contribution < -0.4 is 0 Å². The van der Waals surface area contributed by atoms with Crippen LogP contribution in [0.3, 0.4) is 0 Å². The van der Waals surface area contributed by atoms with Gasteiger partial charge in [0.15, 0.2) is 0 Å². The fraction of sp³-hybridized carbons (Fsp3) is 0.727. The summed E-state index contributed by atoms with van der Waals surface area (Å²) in [6.45, 7) is 0.847. The Morgan fingerprint density at radius 2 is 2.60 bits per heavy atom. The molecule has 0 amide bonds. The summed E-state index contributed by atoms with van der Waals surface area (Å²) >= 11 is 0. The molecule has 1 aliphatic heterocycles. The molecule has 2 unspecified atom stereocenters. The number of imidazole rings is 1. The van der Waals surface area contributed by atoms with Gasteiger partial charge in [-0.25, -0.2) is 4.98 Å². The SMILES string of the molecule is Cn1ccnc1CC(O)CC1CCCO1. The molecule has 2 heterocycles. The highest BCUT2D eigenvalue weighted by atomic mass is 16.5. The van der Waals surface area contributed by atoms with Crippen LogP contribution in [0.4, 0.5) is 0 Å². The molecule has 1 aromatic heterocycles. The summed E-state index contributed by atoms with van der Waals surface area (Å²) in [5.74, 6) is 0.931. The van der Waals surface area contributed by atoms with Gasteiger partial charge < -0.3 is 14.4 Å². The van der Waals surface area contributed by atoms with Crippen molar-refractivity contribution in [2.75, 3.05) is 6.61 Å². The van der Waals surface area contributed by atoms with E-state index in [1.165, 1.54) is 0 Å². The van der Waals surface area contributed by atoms with Crippen molar-refractivity contribution in [2.24, 2.45) is 7.05 Å². The van der Waals surface area contributed by atoms with Gasteiger partial charge in [0, 0.05) is 32.5 Å². The van der Waals surface area contributed by atoms with E-state index in [0.29, 0.717) is 6.42 Å². The maximum absolute atomic E-state index is 9.87. The minimum Gasteiger partial charge on any atom is -0.393 e. The first-order valence-electron chi connectivity index (χ1n) is 5.51. The number of nitrogens with zero attached hydrogens (tertiary/aromatic N) is 2. The van der Waals surface area contributed by atoms with Crippen LogP contribution >= 0.6 is 0 Å². The Morgan fingerprint density at radius 3 is 3.20 bits per heavy atom. The van der Waals surface area contributed by atoms with Gasteiger partial charge in [-0.3, -0.25) is 0 Å². The Hall–Kier alpha value is -0.870. The van der Waals surface area contributed by atoms with Gasteiger partial charge in [0.2, 0.25) is 0 Å². The van der Waals surface area contributed by atoms with Gasteiger partial charge in [0.05, 0.1) is 12.2 Å². The van der Waals surface area contributed by atoms with E-state index in [0.717, 1.165) is 31.7 Å². The highest BCUT2D eigenvalue weighted by Gasteiger charge is 2.20. The number of hydrogen-bond acceptors (Lipinski definition) is 3. The zero-order valence-electron chi connectivity index (χ0n) is 9.09. The zero-order chi connectivity index (χ0) is 10.7. The number of ether oxygens (including phenoxy) is 1. The van der Waals surface area contributed by atoms with E-state index in [1.54, 1.807) is 6.20 Å². The second-order valence-corrected chi connectivity index (χ2v) is 4.18. The smallest absolute Gasteiger partial charge is 0.110 e. The van der Waals surface area contributed by atoms with Crippen molar-refractivity contribution < 1.29 is 9.84 Å². The fourth-order valence-electron chi connectivity index (χ4n) is 2.02. The second kappa shape index (κ2) is 4.77. The molecule has 0 radical (unpaired) electrons. The summed E-state index contributed by atoms with van der Waals surface area (Å²) < 4.78 is 7.43. The Kier molecular flexibility index (Phi) is 3.38. The van der Waals surface area contributed by atoms with Crippen LogP contribution in [-0.4, -0.2) is 33.5 Å². The lowest BCUT2D eigenvalue weighted by Crippen LogP contribution is -2.20. The van der Waals surface area contributed by atoms with Crippen LogP contribution in [0, 0.1) is 0 Å². The third-order valence-electron chi connectivity index (χ3n) is 2.90. The van der Waals surface area contributed by atoms with E-state index in [4.69, 9.17) is 4.74 Å². The summed E-state index contributed by atoms with van der Waals surface area (Å²) in [6.07, 6.45) is 7.12. The third kappa shape index (κ3) is 2.79. The second-order valence-electron chi connectivity index (χ2n) is 4.18. The molecule has 2 rings (SSSR count). The molecule has 1 saturated heterocycles. The number of aromatic nitrogens is 2. The first-order chi connectivity index (χ1) is 7.25. The van der Waals surface area contributed by atoms with Gasteiger partial charge in [0.1, 0.15) is 5.82 Å². The van der Waals surface area contributed by atoms with E-state index >= 15 is 0 Å². The molecule has 0 bridgehead atoms. The lowest BCUT2D eigenvalue weighted by molar-refractivity contribution is 0.0531. The normalized spacial score (nSPS) is 23.2. The van der Waals surface area contributed by atoms with Crippen molar-refractivity contribution in [1.82, 2.24) is 9.55 Å². The first kappa shape index (κ1) is 10.6. The van der Waals surface area contributed by atoms with Crippen LogP contribution in [0.25, 0.3) is 0 Å². The molecule has 1 fully saturated rings. The van der Waals surface area contributed by atoms with Gasteiger partial charge >= 0.3 is 0 Å². The molecule has 4 nitrogen and oxygen atoms in total. The summed E-state index contributed by atoms with van der Waals surface area (Å²) in [5.41, 5.74) is 0. The number of aliphatic hydroxyl groups excluding tert-OH is 1. The van der Waals surface area contributed by atoms with Crippen molar-refractivity contribution >= 4 is 0 Å². The standard InChI is InChI=1S/C11H18N2O2/c1-13-5-4-12-11(13)8-9(14)7-10-3-2-6-15-10/h4-5,9-10,14H,2-3,6-8H2,1H3. The summed E-state index contributed by atoms with van der Waals surface area (Å²) in [7, 11) is 1.95. The minimum atomic E-state index is -0.339. The van der Waals surface area contributed by atoms with E-state index in [-0.39, 0.29) is 12.2 Å².